The van der Waals surface area contributed by atoms with Gasteiger partial charge in [0, 0.05) is 5.56 Å². The van der Waals surface area contributed by atoms with Crippen molar-refractivity contribution < 1.29 is 4.74 Å². The molecule has 62 valence electrons. The Morgan fingerprint density at radius 2 is 2.46 bits per heavy atom. The highest BCUT2D eigenvalue weighted by Gasteiger charge is 2.29. The van der Waals surface area contributed by atoms with Crippen molar-refractivity contribution in [1.29, 1.82) is 0 Å². The largest absolute Gasteiger partial charge is 0.447 e. The lowest BCUT2D eigenvalue weighted by Crippen LogP contribution is -1.90. The molecule has 0 saturated carbocycles. The van der Waals surface area contributed by atoms with E-state index in [1.807, 2.05) is 16.9 Å². The van der Waals surface area contributed by atoms with Gasteiger partial charge in [0.05, 0.1) is 17.4 Å². The fourth-order valence-electron chi connectivity index (χ4n) is 2.00. The number of pyridine rings is 1. The molecular weight excluding hydrogens is 164 g/mol. The third-order valence-electron chi connectivity index (χ3n) is 2.63. The molecule has 0 saturated heterocycles. The minimum Gasteiger partial charge on any atom is -0.447 e. The van der Waals surface area contributed by atoms with Gasteiger partial charge in [0.25, 0.3) is 0 Å². The van der Waals surface area contributed by atoms with Gasteiger partial charge in [-0.15, -0.1) is 0 Å². The number of aromatic nitrogens is 2. The molecule has 0 amide bonds. The number of nitrogens with zero attached hydrogens (tertiary/aromatic N) is 2. The molecule has 2 aliphatic rings. The second-order valence-corrected chi connectivity index (χ2v) is 3.40. The summed E-state index contributed by atoms with van der Waals surface area (Å²) in [7, 11) is 0. The van der Waals surface area contributed by atoms with Crippen LogP contribution in [-0.2, 0) is 6.42 Å². The van der Waals surface area contributed by atoms with Gasteiger partial charge >= 0.3 is 0 Å². The lowest BCUT2D eigenvalue weighted by atomic mass is 10.1. The van der Waals surface area contributed by atoms with Crippen LogP contribution in [0.15, 0.2) is 18.6 Å². The van der Waals surface area contributed by atoms with Crippen molar-refractivity contribution >= 4 is 11.6 Å². The van der Waals surface area contributed by atoms with Crippen LogP contribution in [0.4, 0.5) is 0 Å². The normalized spacial score (nSPS) is 15.7. The molecule has 1 aliphatic carbocycles. The molecule has 2 aromatic rings. The zero-order valence-corrected chi connectivity index (χ0v) is 6.82. The van der Waals surface area contributed by atoms with E-state index in [-0.39, 0.29) is 0 Å². The average molecular weight is 170 g/mol. The number of ether oxygens (including phenoxy) is 1. The Morgan fingerprint density at radius 3 is 3.46 bits per heavy atom. The topological polar surface area (TPSA) is 29.8 Å². The predicted octanol–water partition coefficient (Wildman–Crippen LogP) is 2.01. The van der Waals surface area contributed by atoms with E-state index >= 15 is 0 Å². The van der Waals surface area contributed by atoms with E-state index in [1.165, 1.54) is 11.1 Å². The van der Waals surface area contributed by atoms with E-state index in [9.17, 15) is 0 Å². The highest BCUT2D eigenvalue weighted by atomic mass is 16.6. The summed E-state index contributed by atoms with van der Waals surface area (Å²) in [6.45, 7) is 0. The fraction of sp³-hybridized carbons (Fsp3) is 0.100. The number of fused-ring (bicyclic) bond motifs is 2. The summed E-state index contributed by atoms with van der Waals surface area (Å²) < 4.78 is 7.41. The van der Waals surface area contributed by atoms with Crippen LogP contribution < -0.4 is 4.74 Å². The number of hydrogen-bond acceptors (Lipinski definition) is 2. The number of rotatable bonds is 0. The molecule has 3 nitrogen and oxygen atoms in total. The molecule has 0 spiro atoms. The van der Waals surface area contributed by atoms with E-state index in [0.29, 0.717) is 0 Å². The third kappa shape index (κ3) is 0.558. The van der Waals surface area contributed by atoms with Gasteiger partial charge < -0.3 is 9.14 Å². The molecule has 4 rings (SSSR count). The van der Waals surface area contributed by atoms with Gasteiger partial charge in [-0.05, 0) is 12.5 Å². The van der Waals surface area contributed by atoms with Crippen LogP contribution in [0.5, 0.6) is 11.5 Å². The van der Waals surface area contributed by atoms with Crippen molar-refractivity contribution in [3.63, 3.8) is 0 Å². The van der Waals surface area contributed by atoms with Gasteiger partial charge in [-0.1, -0.05) is 6.08 Å². The predicted molar refractivity (Wildman–Crippen MR) is 48.0 cm³/mol. The lowest BCUT2D eigenvalue weighted by molar-refractivity contribution is 0.644. The molecule has 0 N–H and O–H groups in total. The van der Waals surface area contributed by atoms with Crippen molar-refractivity contribution in [2.24, 2.45) is 0 Å². The van der Waals surface area contributed by atoms with Crippen LogP contribution in [0, 0.1) is 0 Å². The molecule has 3 heterocycles. The van der Waals surface area contributed by atoms with Crippen molar-refractivity contribution in [2.45, 2.75) is 6.42 Å². The second kappa shape index (κ2) is 1.62. The van der Waals surface area contributed by atoms with E-state index < -0.39 is 0 Å². The van der Waals surface area contributed by atoms with Crippen LogP contribution in [0.2, 0.25) is 0 Å². The molecular formula is C10H6N2O. The summed E-state index contributed by atoms with van der Waals surface area (Å²) >= 11 is 0. The molecule has 1 aliphatic heterocycles. The number of hydrogen-bond donors (Lipinski definition) is 0. The summed E-state index contributed by atoms with van der Waals surface area (Å²) in [5, 5.41) is 0. The summed E-state index contributed by atoms with van der Waals surface area (Å²) in [4.78, 5) is 4.31. The molecule has 0 fully saturated rings. The van der Waals surface area contributed by atoms with Gasteiger partial charge in [-0.2, -0.15) is 0 Å². The Balaban J connectivity index is 2.33. The maximum absolute atomic E-state index is 5.37. The summed E-state index contributed by atoms with van der Waals surface area (Å²) in [6.07, 6.45) is 8.99. The van der Waals surface area contributed by atoms with Crippen LogP contribution in [0.25, 0.3) is 11.6 Å². The van der Waals surface area contributed by atoms with Gasteiger partial charge in [0.1, 0.15) is 6.33 Å². The SMILES string of the molecule is C1=Cc2ncn3cc4c(c(c23)C1)O4. The fourth-order valence-corrected chi connectivity index (χ4v) is 2.00. The maximum Gasteiger partial charge on any atom is 0.187 e. The summed E-state index contributed by atoms with van der Waals surface area (Å²) in [5.41, 5.74) is 3.55. The molecule has 0 atom stereocenters. The molecule has 0 unspecified atom stereocenters. The first-order valence-corrected chi connectivity index (χ1v) is 4.30. The Hall–Kier alpha value is -1.77. The quantitative estimate of drug-likeness (QED) is 0.483. The van der Waals surface area contributed by atoms with Crippen molar-refractivity contribution in [2.75, 3.05) is 0 Å². The third-order valence-corrected chi connectivity index (χ3v) is 2.63. The first-order chi connectivity index (χ1) is 6.43. The summed E-state index contributed by atoms with van der Waals surface area (Å²) in [6, 6.07) is 0. The Kier molecular flexibility index (Phi) is 0.721. The molecule has 13 heavy (non-hydrogen) atoms. The van der Waals surface area contributed by atoms with Gasteiger partial charge in [0.2, 0.25) is 0 Å². The minimum atomic E-state index is 0.964. The van der Waals surface area contributed by atoms with Crippen LogP contribution in [-0.4, -0.2) is 9.38 Å². The molecule has 0 aromatic carbocycles. The molecule has 3 heteroatoms. The van der Waals surface area contributed by atoms with Crippen molar-refractivity contribution in [3.8, 4) is 11.5 Å². The van der Waals surface area contributed by atoms with Gasteiger partial charge in [-0.3, -0.25) is 0 Å². The Bertz CT molecular complexity index is 566. The van der Waals surface area contributed by atoms with Crippen molar-refractivity contribution in [3.05, 3.63) is 29.9 Å². The maximum atomic E-state index is 5.37. The van der Waals surface area contributed by atoms with Crippen LogP contribution in [0.3, 0.4) is 0 Å². The Labute approximate surface area is 74.3 Å². The van der Waals surface area contributed by atoms with E-state index in [4.69, 9.17) is 4.74 Å². The number of allylic oxidation sites excluding steroid dienone is 1. The minimum absolute atomic E-state index is 0.964. The van der Waals surface area contributed by atoms with Gasteiger partial charge in [-0.25, -0.2) is 4.98 Å². The number of imidazole rings is 1. The molecule has 0 radical (unpaired) electrons. The summed E-state index contributed by atoms with van der Waals surface area (Å²) in [5.74, 6) is 2.07. The van der Waals surface area contributed by atoms with Crippen LogP contribution in [0.1, 0.15) is 11.3 Å². The zero-order chi connectivity index (χ0) is 8.41. The van der Waals surface area contributed by atoms with Crippen LogP contribution >= 0.6 is 0 Å². The first kappa shape index (κ1) is 5.80. The van der Waals surface area contributed by atoms with Crippen molar-refractivity contribution in [1.82, 2.24) is 9.38 Å². The smallest absolute Gasteiger partial charge is 0.187 e. The second-order valence-electron chi connectivity index (χ2n) is 3.40. The van der Waals surface area contributed by atoms with E-state index in [0.717, 1.165) is 23.6 Å². The van der Waals surface area contributed by atoms with E-state index in [1.54, 1.807) is 0 Å². The highest BCUT2D eigenvalue weighted by Crippen LogP contribution is 2.50. The van der Waals surface area contributed by atoms with Gasteiger partial charge in [0.15, 0.2) is 11.5 Å². The highest BCUT2D eigenvalue weighted by molar-refractivity contribution is 5.80. The average Bonchev–Trinajstić information content (AvgIpc) is 2.82. The standard InChI is InChI=1S/C10H6N2O/c1-2-6-9-7(3-1)11-5-12(9)4-8-10(6)13-8/h1,3-5H,2H2. The molecule has 0 bridgehead atoms. The lowest BCUT2D eigenvalue weighted by Gasteiger charge is -2.02. The zero-order valence-electron chi connectivity index (χ0n) is 6.82. The van der Waals surface area contributed by atoms with E-state index in [2.05, 4.69) is 17.1 Å². The Morgan fingerprint density at radius 1 is 1.46 bits per heavy atom. The first-order valence-electron chi connectivity index (χ1n) is 4.30. The monoisotopic (exact) mass is 170 g/mol. The molecule has 2 aromatic heterocycles.